The highest BCUT2D eigenvalue weighted by molar-refractivity contribution is 5.98. The van der Waals surface area contributed by atoms with Gasteiger partial charge in [-0.3, -0.25) is 9.78 Å². The zero-order chi connectivity index (χ0) is 13.3. The number of carbonyl (C=O) groups excluding carboxylic acids is 1. The molecule has 2 fully saturated rings. The molecule has 2 aliphatic heterocycles. The molecule has 0 atom stereocenters. The highest BCUT2D eigenvalue weighted by Gasteiger charge is 2.41. The fourth-order valence-corrected chi connectivity index (χ4v) is 2.78. The van der Waals surface area contributed by atoms with Gasteiger partial charge in [-0.2, -0.15) is 0 Å². The van der Waals surface area contributed by atoms with Crippen molar-refractivity contribution in [3.05, 3.63) is 24.0 Å². The first-order valence-corrected chi connectivity index (χ1v) is 6.47. The Labute approximate surface area is 111 Å². The molecule has 2 N–H and O–H groups in total. The van der Waals surface area contributed by atoms with Crippen LogP contribution in [0.25, 0.3) is 0 Å². The first-order valence-electron chi connectivity index (χ1n) is 6.47. The van der Waals surface area contributed by atoms with Gasteiger partial charge in [0, 0.05) is 25.4 Å². The van der Waals surface area contributed by atoms with Crippen LogP contribution in [0.1, 0.15) is 23.2 Å². The minimum atomic E-state index is -0.517. The Morgan fingerprint density at radius 3 is 2.95 bits per heavy atom. The second-order valence-electron chi connectivity index (χ2n) is 4.89. The van der Waals surface area contributed by atoms with E-state index in [0.717, 1.165) is 25.1 Å². The molecule has 6 nitrogen and oxygen atoms in total. The predicted molar refractivity (Wildman–Crippen MR) is 68.8 cm³/mol. The summed E-state index contributed by atoms with van der Waals surface area (Å²) < 4.78 is 11.5. The number of hydrogen-bond acceptors (Lipinski definition) is 5. The van der Waals surface area contributed by atoms with E-state index in [1.54, 1.807) is 6.20 Å². The summed E-state index contributed by atoms with van der Waals surface area (Å²) in [7, 11) is 0. The zero-order valence-electron chi connectivity index (χ0n) is 10.7. The van der Waals surface area contributed by atoms with E-state index in [4.69, 9.17) is 15.2 Å². The SMILES string of the molecule is NC(=O)c1cnccc1N1CCCC2(C1)OCCO2. The summed E-state index contributed by atoms with van der Waals surface area (Å²) in [5.74, 6) is -0.979. The zero-order valence-corrected chi connectivity index (χ0v) is 10.7. The molecule has 1 amide bonds. The number of ether oxygens (including phenoxy) is 2. The van der Waals surface area contributed by atoms with Crippen LogP contribution in [0.3, 0.4) is 0 Å². The molecule has 2 saturated heterocycles. The predicted octanol–water partition coefficient (Wildman–Crippen LogP) is 0.524. The number of aromatic nitrogens is 1. The Morgan fingerprint density at radius 1 is 1.42 bits per heavy atom. The number of nitrogens with two attached hydrogens (primary N) is 1. The van der Waals surface area contributed by atoms with Crippen molar-refractivity contribution >= 4 is 11.6 Å². The molecule has 0 aliphatic carbocycles. The van der Waals surface area contributed by atoms with E-state index in [1.165, 1.54) is 6.20 Å². The van der Waals surface area contributed by atoms with Gasteiger partial charge in [0.25, 0.3) is 5.91 Å². The fraction of sp³-hybridized carbons (Fsp3) is 0.538. The van der Waals surface area contributed by atoms with Crippen molar-refractivity contribution in [3.8, 4) is 0 Å². The van der Waals surface area contributed by atoms with Crippen molar-refractivity contribution in [2.45, 2.75) is 18.6 Å². The first kappa shape index (κ1) is 12.4. The molecule has 102 valence electrons. The molecule has 19 heavy (non-hydrogen) atoms. The minimum Gasteiger partial charge on any atom is -0.365 e. The quantitative estimate of drug-likeness (QED) is 0.842. The van der Waals surface area contributed by atoms with Crippen molar-refractivity contribution in [2.24, 2.45) is 5.73 Å². The Kier molecular flexibility index (Phi) is 3.12. The molecule has 0 aromatic carbocycles. The third-order valence-electron chi connectivity index (χ3n) is 3.64. The van der Waals surface area contributed by atoms with Gasteiger partial charge in [0.05, 0.1) is 31.0 Å². The number of pyridine rings is 1. The van der Waals surface area contributed by atoms with Crippen LogP contribution < -0.4 is 10.6 Å². The molecule has 0 radical (unpaired) electrons. The fourth-order valence-electron chi connectivity index (χ4n) is 2.78. The van der Waals surface area contributed by atoms with Crippen molar-refractivity contribution in [1.82, 2.24) is 4.98 Å². The van der Waals surface area contributed by atoms with Gasteiger partial charge >= 0.3 is 0 Å². The summed E-state index contributed by atoms with van der Waals surface area (Å²) in [6, 6.07) is 1.81. The highest BCUT2D eigenvalue weighted by Crippen LogP contribution is 2.33. The average Bonchev–Trinajstić information content (AvgIpc) is 2.86. The summed E-state index contributed by atoms with van der Waals surface area (Å²) in [4.78, 5) is 17.5. The van der Waals surface area contributed by atoms with Crippen LogP contribution in [0.15, 0.2) is 18.5 Å². The molecular weight excluding hydrogens is 246 g/mol. The Hall–Kier alpha value is -1.66. The van der Waals surface area contributed by atoms with E-state index in [1.807, 2.05) is 6.07 Å². The lowest BCUT2D eigenvalue weighted by Crippen LogP contribution is -2.49. The van der Waals surface area contributed by atoms with Crippen molar-refractivity contribution < 1.29 is 14.3 Å². The summed E-state index contributed by atoms with van der Waals surface area (Å²) in [5, 5.41) is 0. The van der Waals surface area contributed by atoms with E-state index < -0.39 is 11.7 Å². The normalized spacial score (nSPS) is 21.8. The van der Waals surface area contributed by atoms with Gasteiger partial charge in [-0.25, -0.2) is 0 Å². The van der Waals surface area contributed by atoms with E-state index in [-0.39, 0.29) is 0 Å². The number of nitrogens with zero attached hydrogens (tertiary/aromatic N) is 2. The number of primary amides is 1. The van der Waals surface area contributed by atoms with E-state index >= 15 is 0 Å². The van der Waals surface area contributed by atoms with E-state index in [2.05, 4.69) is 9.88 Å². The molecule has 1 aromatic heterocycles. The molecule has 0 unspecified atom stereocenters. The molecule has 3 rings (SSSR count). The van der Waals surface area contributed by atoms with Crippen LogP contribution in [0.2, 0.25) is 0 Å². The molecule has 0 bridgehead atoms. The summed E-state index contributed by atoms with van der Waals surface area (Å²) in [6.07, 6.45) is 5.02. The summed E-state index contributed by atoms with van der Waals surface area (Å²) in [5.41, 5.74) is 6.65. The largest absolute Gasteiger partial charge is 0.365 e. The molecule has 1 spiro atoms. The first-order chi connectivity index (χ1) is 9.20. The van der Waals surface area contributed by atoms with Gasteiger partial charge in [-0.05, 0) is 12.5 Å². The van der Waals surface area contributed by atoms with Crippen LogP contribution in [-0.4, -0.2) is 43.0 Å². The second-order valence-corrected chi connectivity index (χ2v) is 4.89. The van der Waals surface area contributed by atoms with Gasteiger partial charge in [-0.15, -0.1) is 0 Å². The smallest absolute Gasteiger partial charge is 0.252 e. The van der Waals surface area contributed by atoms with Gasteiger partial charge in [-0.1, -0.05) is 0 Å². The number of anilines is 1. The van der Waals surface area contributed by atoms with E-state index in [0.29, 0.717) is 25.3 Å². The van der Waals surface area contributed by atoms with Crippen LogP contribution in [-0.2, 0) is 9.47 Å². The molecule has 3 heterocycles. The topological polar surface area (TPSA) is 77.7 Å². The molecule has 6 heteroatoms. The minimum absolute atomic E-state index is 0.442. The Morgan fingerprint density at radius 2 is 2.21 bits per heavy atom. The lowest BCUT2D eigenvalue weighted by atomic mass is 10.0. The van der Waals surface area contributed by atoms with Crippen LogP contribution in [0.4, 0.5) is 5.69 Å². The van der Waals surface area contributed by atoms with Gasteiger partial charge < -0.3 is 20.1 Å². The maximum absolute atomic E-state index is 11.5. The van der Waals surface area contributed by atoms with Gasteiger partial charge in [0.1, 0.15) is 0 Å². The third-order valence-corrected chi connectivity index (χ3v) is 3.64. The second kappa shape index (κ2) is 4.79. The van der Waals surface area contributed by atoms with Crippen molar-refractivity contribution in [2.75, 3.05) is 31.2 Å². The summed E-state index contributed by atoms with van der Waals surface area (Å²) in [6.45, 7) is 2.75. The van der Waals surface area contributed by atoms with Crippen LogP contribution in [0.5, 0.6) is 0 Å². The lowest BCUT2D eigenvalue weighted by molar-refractivity contribution is -0.161. The number of hydrogen-bond donors (Lipinski definition) is 1. The maximum atomic E-state index is 11.5. The lowest BCUT2D eigenvalue weighted by Gasteiger charge is -2.40. The molecule has 0 saturated carbocycles. The number of carbonyl (C=O) groups is 1. The maximum Gasteiger partial charge on any atom is 0.252 e. The monoisotopic (exact) mass is 263 g/mol. The van der Waals surface area contributed by atoms with Gasteiger partial charge in [0.15, 0.2) is 5.79 Å². The summed E-state index contributed by atoms with van der Waals surface area (Å²) >= 11 is 0. The standard InChI is InChI=1S/C13H17N3O3/c14-12(17)10-8-15-4-2-11(10)16-5-1-3-13(9-16)18-6-7-19-13/h2,4,8H,1,3,5-7,9H2,(H2,14,17). The van der Waals surface area contributed by atoms with Crippen LogP contribution in [0, 0.1) is 0 Å². The Bertz CT molecular complexity index is 486. The highest BCUT2D eigenvalue weighted by atomic mass is 16.7. The average molecular weight is 263 g/mol. The van der Waals surface area contributed by atoms with Crippen molar-refractivity contribution in [3.63, 3.8) is 0 Å². The number of amides is 1. The number of rotatable bonds is 2. The van der Waals surface area contributed by atoms with Crippen molar-refractivity contribution in [1.29, 1.82) is 0 Å². The molecular formula is C13H17N3O3. The van der Waals surface area contributed by atoms with E-state index in [9.17, 15) is 4.79 Å². The third kappa shape index (κ3) is 2.29. The molecule has 1 aromatic rings. The number of piperidine rings is 1. The van der Waals surface area contributed by atoms with Crippen LogP contribution >= 0.6 is 0 Å². The Balaban J connectivity index is 1.87. The molecule has 2 aliphatic rings. The van der Waals surface area contributed by atoms with Gasteiger partial charge in [0.2, 0.25) is 0 Å².